The molecule has 0 aliphatic heterocycles. The number of hydrogen-bond acceptors (Lipinski definition) is 4. The number of hydrogen-bond donors (Lipinski definition) is 0. The molecule has 0 spiro atoms. The molecule has 0 aromatic heterocycles. The predicted octanol–water partition coefficient (Wildman–Crippen LogP) is 4.55. The van der Waals surface area contributed by atoms with Crippen LogP contribution >= 0.6 is 0 Å². The van der Waals surface area contributed by atoms with Crippen LogP contribution in [0.3, 0.4) is 0 Å². The van der Waals surface area contributed by atoms with Gasteiger partial charge >= 0.3 is 0 Å². The Morgan fingerprint density at radius 1 is 1.27 bits per heavy atom. The van der Waals surface area contributed by atoms with E-state index in [0.29, 0.717) is 35.5 Å². The van der Waals surface area contributed by atoms with E-state index in [9.17, 15) is 9.59 Å². The Kier molecular flexibility index (Phi) is 7.64. The fraction of sp³-hybridized carbons (Fsp3) is 0.455. The van der Waals surface area contributed by atoms with Crippen LogP contribution in [0.15, 0.2) is 18.7 Å². The standard InChI is InChI=1S/C22H28O4/c1-8-22(4,5)19(24)12-10-9-11-17-16(14-23)13-18(15(2)3)21(26-7)20(17)25-6/h8,13-15H,1,10,12H2,2-7H3. The molecule has 0 saturated heterocycles. The normalized spacial score (nSPS) is 10.7. The third-order valence-corrected chi connectivity index (χ3v) is 4.37. The maximum Gasteiger partial charge on any atom is 0.177 e. The van der Waals surface area contributed by atoms with Crippen molar-refractivity contribution in [3.63, 3.8) is 0 Å². The second-order valence-electron chi connectivity index (χ2n) is 6.92. The lowest BCUT2D eigenvalue weighted by molar-refractivity contribution is -0.124. The average Bonchev–Trinajstić information content (AvgIpc) is 2.63. The molecule has 0 unspecified atom stereocenters. The maximum atomic E-state index is 12.1. The van der Waals surface area contributed by atoms with Crippen molar-refractivity contribution >= 4 is 12.1 Å². The van der Waals surface area contributed by atoms with Crippen molar-refractivity contribution in [3.8, 4) is 23.3 Å². The van der Waals surface area contributed by atoms with E-state index >= 15 is 0 Å². The molecule has 0 heterocycles. The van der Waals surface area contributed by atoms with Gasteiger partial charge < -0.3 is 9.47 Å². The van der Waals surface area contributed by atoms with Gasteiger partial charge in [0.15, 0.2) is 17.8 Å². The van der Waals surface area contributed by atoms with Gasteiger partial charge in [-0.05, 0) is 25.8 Å². The van der Waals surface area contributed by atoms with Gasteiger partial charge in [-0.15, -0.1) is 6.58 Å². The summed E-state index contributed by atoms with van der Waals surface area (Å²) in [6.07, 6.45) is 3.13. The monoisotopic (exact) mass is 356 g/mol. The molecular formula is C22H28O4. The molecule has 1 rings (SSSR count). The summed E-state index contributed by atoms with van der Waals surface area (Å²) < 4.78 is 11.0. The zero-order valence-corrected chi connectivity index (χ0v) is 16.6. The summed E-state index contributed by atoms with van der Waals surface area (Å²) in [6.45, 7) is 11.4. The van der Waals surface area contributed by atoms with Crippen molar-refractivity contribution < 1.29 is 19.1 Å². The zero-order valence-electron chi connectivity index (χ0n) is 16.6. The van der Waals surface area contributed by atoms with E-state index < -0.39 is 5.41 Å². The van der Waals surface area contributed by atoms with E-state index in [0.717, 1.165) is 11.8 Å². The van der Waals surface area contributed by atoms with Crippen LogP contribution in [0, 0.1) is 17.3 Å². The minimum Gasteiger partial charge on any atom is -0.493 e. The SMILES string of the molecule is C=CC(C)(C)C(=O)CCC#Cc1c(C=O)cc(C(C)C)c(OC)c1OC. The van der Waals surface area contributed by atoms with Crippen molar-refractivity contribution in [1.29, 1.82) is 0 Å². The summed E-state index contributed by atoms with van der Waals surface area (Å²) in [4.78, 5) is 23.7. The fourth-order valence-electron chi connectivity index (χ4n) is 2.50. The molecule has 140 valence electrons. The van der Waals surface area contributed by atoms with Crippen LogP contribution in [0.25, 0.3) is 0 Å². The van der Waals surface area contributed by atoms with E-state index in [1.807, 2.05) is 27.7 Å². The van der Waals surface area contributed by atoms with Crippen molar-refractivity contribution in [2.45, 2.75) is 46.5 Å². The zero-order chi connectivity index (χ0) is 19.9. The van der Waals surface area contributed by atoms with Crippen molar-refractivity contribution in [2.75, 3.05) is 14.2 Å². The molecule has 0 N–H and O–H groups in total. The third kappa shape index (κ3) is 4.76. The molecule has 0 aliphatic rings. The molecule has 1 aromatic carbocycles. The molecule has 0 saturated carbocycles. The van der Waals surface area contributed by atoms with Gasteiger partial charge in [0.25, 0.3) is 0 Å². The van der Waals surface area contributed by atoms with Gasteiger partial charge in [-0.2, -0.15) is 0 Å². The Bertz CT molecular complexity index is 746. The molecule has 4 nitrogen and oxygen atoms in total. The number of methoxy groups -OCH3 is 2. The van der Waals surface area contributed by atoms with Gasteiger partial charge in [-0.25, -0.2) is 0 Å². The second-order valence-corrected chi connectivity index (χ2v) is 6.92. The number of carbonyl (C=O) groups excluding carboxylic acids is 2. The van der Waals surface area contributed by atoms with Gasteiger partial charge in [0.2, 0.25) is 0 Å². The van der Waals surface area contributed by atoms with Gasteiger partial charge in [-0.3, -0.25) is 9.59 Å². The number of Topliss-reactive ketones (excluding diaryl/α,β-unsaturated/α-hetero) is 1. The minimum atomic E-state index is -0.560. The molecular weight excluding hydrogens is 328 g/mol. The lowest BCUT2D eigenvalue weighted by Gasteiger charge is -2.18. The number of rotatable bonds is 8. The highest BCUT2D eigenvalue weighted by Gasteiger charge is 2.22. The summed E-state index contributed by atoms with van der Waals surface area (Å²) >= 11 is 0. The van der Waals surface area contributed by atoms with E-state index in [4.69, 9.17) is 9.47 Å². The number of aldehydes is 1. The van der Waals surface area contributed by atoms with Gasteiger partial charge in [0, 0.05) is 29.4 Å². The highest BCUT2D eigenvalue weighted by Crippen LogP contribution is 2.39. The highest BCUT2D eigenvalue weighted by atomic mass is 16.5. The number of ether oxygens (including phenoxy) is 2. The molecule has 0 atom stereocenters. The Hall–Kier alpha value is -2.54. The Morgan fingerprint density at radius 3 is 2.35 bits per heavy atom. The maximum absolute atomic E-state index is 12.1. The van der Waals surface area contributed by atoms with E-state index in [1.165, 1.54) is 7.11 Å². The lowest BCUT2D eigenvalue weighted by Crippen LogP contribution is -2.20. The first-order valence-electron chi connectivity index (χ1n) is 8.63. The van der Waals surface area contributed by atoms with Crippen LogP contribution in [0.2, 0.25) is 0 Å². The number of benzene rings is 1. The number of carbonyl (C=O) groups is 2. The van der Waals surface area contributed by atoms with Crippen molar-refractivity contribution in [3.05, 3.63) is 35.4 Å². The molecule has 26 heavy (non-hydrogen) atoms. The lowest BCUT2D eigenvalue weighted by atomic mass is 9.86. The second kappa shape index (κ2) is 9.24. The van der Waals surface area contributed by atoms with Gasteiger partial charge in [0.05, 0.1) is 19.8 Å². The summed E-state index contributed by atoms with van der Waals surface area (Å²) in [7, 11) is 3.09. The smallest absolute Gasteiger partial charge is 0.177 e. The van der Waals surface area contributed by atoms with Crippen molar-refractivity contribution in [2.24, 2.45) is 5.41 Å². The van der Waals surface area contributed by atoms with Crippen LogP contribution < -0.4 is 9.47 Å². The molecule has 0 radical (unpaired) electrons. The molecule has 0 bridgehead atoms. The van der Waals surface area contributed by atoms with Crippen LogP contribution in [-0.4, -0.2) is 26.3 Å². The van der Waals surface area contributed by atoms with Crippen molar-refractivity contribution in [1.82, 2.24) is 0 Å². The summed E-state index contributed by atoms with van der Waals surface area (Å²) in [5, 5.41) is 0. The first-order valence-corrected chi connectivity index (χ1v) is 8.63. The Morgan fingerprint density at radius 2 is 1.88 bits per heavy atom. The fourth-order valence-corrected chi connectivity index (χ4v) is 2.50. The molecule has 0 aliphatic carbocycles. The third-order valence-electron chi connectivity index (χ3n) is 4.37. The number of ketones is 1. The predicted molar refractivity (Wildman–Crippen MR) is 104 cm³/mol. The summed E-state index contributed by atoms with van der Waals surface area (Å²) in [6, 6.07) is 1.79. The Balaban J connectivity index is 3.23. The van der Waals surface area contributed by atoms with Crippen LogP contribution in [0.4, 0.5) is 0 Å². The first-order chi connectivity index (χ1) is 12.2. The first kappa shape index (κ1) is 21.5. The van der Waals surface area contributed by atoms with E-state index in [-0.39, 0.29) is 11.7 Å². The Labute approximate surface area is 156 Å². The largest absolute Gasteiger partial charge is 0.493 e. The van der Waals surface area contributed by atoms with E-state index in [2.05, 4.69) is 18.4 Å². The minimum absolute atomic E-state index is 0.0807. The van der Waals surface area contributed by atoms with Crippen LogP contribution in [-0.2, 0) is 4.79 Å². The molecule has 1 aromatic rings. The highest BCUT2D eigenvalue weighted by molar-refractivity contribution is 5.86. The average molecular weight is 356 g/mol. The van der Waals surface area contributed by atoms with Crippen LogP contribution in [0.5, 0.6) is 11.5 Å². The molecule has 0 amide bonds. The molecule has 4 heteroatoms. The van der Waals surface area contributed by atoms with Gasteiger partial charge in [0.1, 0.15) is 5.78 Å². The van der Waals surface area contributed by atoms with E-state index in [1.54, 1.807) is 19.3 Å². The van der Waals surface area contributed by atoms with Crippen LogP contribution in [0.1, 0.15) is 67.9 Å². The summed E-state index contributed by atoms with van der Waals surface area (Å²) in [5.41, 5.74) is 1.27. The topological polar surface area (TPSA) is 52.6 Å². The number of allylic oxidation sites excluding steroid dienone is 1. The quantitative estimate of drug-likeness (QED) is 0.389. The summed E-state index contributed by atoms with van der Waals surface area (Å²) in [5.74, 6) is 7.24. The van der Waals surface area contributed by atoms with Gasteiger partial charge in [-0.1, -0.05) is 31.8 Å². The molecule has 0 fully saturated rings.